The van der Waals surface area contributed by atoms with Gasteiger partial charge in [0.2, 0.25) is 0 Å². The number of halogens is 3. The molecule has 0 fully saturated rings. The molecule has 0 aliphatic carbocycles. The smallest absolute Gasteiger partial charge is 0.398 e. The zero-order chi connectivity index (χ0) is 15.2. The molecule has 0 heterocycles. The van der Waals surface area contributed by atoms with Gasteiger partial charge in [0.1, 0.15) is 0 Å². The van der Waals surface area contributed by atoms with Gasteiger partial charge in [-0.25, -0.2) is 0 Å². The molecule has 0 aromatic heterocycles. The first-order valence-corrected chi connectivity index (χ1v) is 8.86. The van der Waals surface area contributed by atoms with Gasteiger partial charge in [0.25, 0.3) is 0 Å². The van der Waals surface area contributed by atoms with Crippen molar-refractivity contribution < 1.29 is 22.0 Å². The van der Waals surface area contributed by atoms with Gasteiger partial charge in [-0.2, -0.15) is 13.2 Å². The van der Waals surface area contributed by atoms with Crippen molar-refractivity contribution in [1.29, 1.82) is 0 Å². The quantitative estimate of drug-likeness (QED) is 0.695. The van der Waals surface area contributed by atoms with Crippen molar-refractivity contribution in [1.82, 2.24) is 0 Å². The Morgan fingerprint density at radius 2 is 1.60 bits per heavy atom. The molecule has 1 aromatic carbocycles. The van der Waals surface area contributed by atoms with Gasteiger partial charge in [-0.3, -0.25) is 0 Å². The molecule has 114 valence electrons. The van der Waals surface area contributed by atoms with Crippen molar-refractivity contribution >= 4 is 8.56 Å². The monoisotopic (exact) mass is 306 g/mol. The number of hydrogen-bond acceptors (Lipinski definition) is 2. The van der Waals surface area contributed by atoms with Gasteiger partial charge in [-0.1, -0.05) is 19.1 Å². The third-order valence-electron chi connectivity index (χ3n) is 3.59. The maximum Gasteiger partial charge on any atom is 0.416 e. The Labute approximate surface area is 119 Å². The average Bonchev–Trinajstić information content (AvgIpc) is 2.44. The Hall–Kier alpha value is -0.853. The number of alkyl halides is 3. The van der Waals surface area contributed by atoms with Crippen LogP contribution in [0.25, 0.3) is 0 Å². The van der Waals surface area contributed by atoms with Crippen LogP contribution in [0.4, 0.5) is 13.2 Å². The SMILES string of the molecule is CC[Si](CCCc1ccc(C(F)(F)F)cc1)(OC)OC. The van der Waals surface area contributed by atoms with E-state index >= 15 is 0 Å². The molecule has 0 saturated heterocycles. The third-order valence-corrected chi connectivity index (χ3v) is 7.27. The molecule has 6 heteroatoms. The number of aryl methyl sites for hydroxylation is 1. The standard InChI is InChI=1S/C14H21F3O2Si/c1-4-20(18-2,19-3)11-5-6-12-7-9-13(10-8-12)14(15,16)17/h7-10H,4-6,11H2,1-3H3. The van der Waals surface area contributed by atoms with Gasteiger partial charge < -0.3 is 8.85 Å². The summed E-state index contributed by atoms with van der Waals surface area (Å²) in [6.45, 7) is 2.04. The maximum atomic E-state index is 12.4. The molecule has 0 spiro atoms. The summed E-state index contributed by atoms with van der Waals surface area (Å²) < 4.78 is 48.3. The van der Waals surface area contributed by atoms with Crippen LogP contribution in [0.15, 0.2) is 24.3 Å². The van der Waals surface area contributed by atoms with Crippen molar-refractivity contribution in [3.8, 4) is 0 Å². The van der Waals surface area contributed by atoms with Gasteiger partial charge in [0.05, 0.1) is 5.56 Å². The zero-order valence-electron chi connectivity index (χ0n) is 12.1. The summed E-state index contributed by atoms with van der Waals surface area (Å²) in [6, 6.07) is 7.05. The summed E-state index contributed by atoms with van der Waals surface area (Å²) in [5, 5.41) is 0. The molecule has 20 heavy (non-hydrogen) atoms. The molecule has 0 radical (unpaired) electrons. The summed E-state index contributed by atoms with van der Waals surface area (Å²) in [5.41, 5.74) is 0.302. The molecular weight excluding hydrogens is 285 g/mol. The molecule has 0 bridgehead atoms. The highest BCUT2D eigenvalue weighted by atomic mass is 28.4. The fourth-order valence-corrected chi connectivity index (χ4v) is 4.40. The van der Waals surface area contributed by atoms with Crippen molar-refractivity contribution in [3.63, 3.8) is 0 Å². The van der Waals surface area contributed by atoms with Crippen molar-refractivity contribution in [2.75, 3.05) is 14.2 Å². The van der Waals surface area contributed by atoms with Gasteiger partial charge in [-0.15, -0.1) is 0 Å². The van der Waals surface area contributed by atoms with E-state index in [4.69, 9.17) is 8.85 Å². The highest BCUT2D eigenvalue weighted by Crippen LogP contribution is 2.29. The molecule has 0 atom stereocenters. The van der Waals surface area contributed by atoms with E-state index in [1.165, 1.54) is 12.1 Å². The largest absolute Gasteiger partial charge is 0.416 e. The average molecular weight is 306 g/mol. The topological polar surface area (TPSA) is 18.5 Å². The van der Waals surface area contributed by atoms with E-state index in [-0.39, 0.29) is 0 Å². The van der Waals surface area contributed by atoms with Gasteiger partial charge in [0, 0.05) is 14.2 Å². The maximum absolute atomic E-state index is 12.4. The van der Waals surface area contributed by atoms with Gasteiger partial charge in [-0.05, 0) is 42.6 Å². The van der Waals surface area contributed by atoms with E-state index in [9.17, 15) is 13.2 Å². The van der Waals surface area contributed by atoms with Crippen LogP contribution in [-0.4, -0.2) is 22.8 Å². The minimum atomic E-state index is -4.27. The van der Waals surface area contributed by atoms with E-state index in [0.29, 0.717) is 0 Å². The summed E-state index contributed by atoms with van der Waals surface area (Å²) in [6.07, 6.45) is -2.68. The summed E-state index contributed by atoms with van der Waals surface area (Å²) in [4.78, 5) is 0. The molecular formula is C14H21F3O2Si. The molecule has 0 unspecified atom stereocenters. The van der Waals surface area contributed by atoms with Crippen molar-refractivity contribution in [3.05, 3.63) is 35.4 Å². The first-order chi connectivity index (χ1) is 9.37. The first kappa shape index (κ1) is 17.2. The lowest BCUT2D eigenvalue weighted by molar-refractivity contribution is -0.137. The lowest BCUT2D eigenvalue weighted by Crippen LogP contribution is -2.39. The van der Waals surface area contributed by atoms with Gasteiger partial charge >= 0.3 is 14.7 Å². The Kier molecular flexibility index (Phi) is 6.23. The van der Waals surface area contributed by atoms with Gasteiger partial charge in [0.15, 0.2) is 0 Å². The zero-order valence-corrected chi connectivity index (χ0v) is 13.1. The molecule has 2 nitrogen and oxygen atoms in total. The predicted molar refractivity (Wildman–Crippen MR) is 74.8 cm³/mol. The Morgan fingerprint density at radius 3 is 2.00 bits per heavy atom. The lowest BCUT2D eigenvalue weighted by atomic mass is 10.1. The van der Waals surface area contributed by atoms with E-state index in [0.717, 1.165) is 42.6 Å². The van der Waals surface area contributed by atoms with Crippen molar-refractivity contribution in [2.45, 2.75) is 38.0 Å². The van der Waals surface area contributed by atoms with Crippen LogP contribution < -0.4 is 0 Å². The summed E-state index contributed by atoms with van der Waals surface area (Å²) in [7, 11) is 1.24. The van der Waals surface area contributed by atoms with E-state index in [1.807, 2.05) is 6.92 Å². The number of hydrogen-bond donors (Lipinski definition) is 0. The Bertz CT molecular complexity index is 392. The number of benzene rings is 1. The predicted octanol–water partition coefficient (Wildman–Crippen LogP) is 4.39. The molecule has 1 rings (SSSR count). The van der Waals surface area contributed by atoms with Crippen LogP contribution >= 0.6 is 0 Å². The molecule has 1 aromatic rings. The van der Waals surface area contributed by atoms with Crippen LogP contribution in [0.1, 0.15) is 24.5 Å². The second-order valence-corrected chi connectivity index (χ2v) is 8.57. The minimum absolute atomic E-state index is 0.604. The second-order valence-electron chi connectivity index (χ2n) is 4.72. The Balaban J connectivity index is 2.54. The minimum Gasteiger partial charge on any atom is -0.398 e. The highest BCUT2D eigenvalue weighted by molar-refractivity contribution is 6.67. The highest BCUT2D eigenvalue weighted by Gasteiger charge is 2.32. The normalized spacial score (nSPS) is 12.7. The number of rotatable bonds is 7. The van der Waals surface area contributed by atoms with Crippen LogP contribution in [0.2, 0.25) is 12.1 Å². The molecule has 0 aliphatic heterocycles. The fraction of sp³-hybridized carbons (Fsp3) is 0.571. The summed E-state index contributed by atoms with van der Waals surface area (Å²) >= 11 is 0. The van der Waals surface area contributed by atoms with E-state index in [1.54, 1.807) is 14.2 Å². The second kappa shape index (κ2) is 7.24. The van der Waals surface area contributed by atoms with E-state index < -0.39 is 20.3 Å². The summed E-state index contributed by atoms with van der Waals surface area (Å²) in [5.74, 6) is 0. The molecule has 0 N–H and O–H groups in total. The third kappa shape index (κ3) is 4.61. The van der Waals surface area contributed by atoms with Crippen LogP contribution in [-0.2, 0) is 21.4 Å². The van der Waals surface area contributed by atoms with Crippen LogP contribution in [0.5, 0.6) is 0 Å². The molecule has 0 saturated carbocycles. The van der Waals surface area contributed by atoms with Crippen LogP contribution in [0, 0.1) is 0 Å². The van der Waals surface area contributed by atoms with Crippen molar-refractivity contribution in [2.24, 2.45) is 0 Å². The van der Waals surface area contributed by atoms with E-state index in [2.05, 4.69) is 0 Å². The van der Waals surface area contributed by atoms with Crippen LogP contribution in [0.3, 0.4) is 0 Å². The first-order valence-electron chi connectivity index (χ1n) is 6.63. The molecule has 0 amide bonds. The fourth-order valence-electron chi connectivity index (χ4n) is 2.18. The lowest BCUT2D eigenvalue weighted by Gasteiger charge is -2.25. The molecule has 0 aliphatic rings. The Morgan fingerprint density at radius 1 is 1.05 bits per heavy atom.